The van der Waals surface area contributed by atoms with Crippen LogP contribution in [-0.4, -0.2) is 46.7 Å². The molecule has 2 atom stereocenters. The van der Waals surface area contributed by atoms with Crippen LogP contribution in [0.4, 0.5) is 0 Å². The molecule has 0 aliphatic carbocycles. The molecular weight excluding hydrogens is 246 g/mol. The number of likely N-dealkylation sites (tertiary alicyclic amines) is 1. The smallest absolute Gasteiger partial charge is 0.308 e. The van der Waals surface area contributed by atoms with Crippen molar-refractivity contribution in [3.05, 3.63) is 0 Å². The second-order valence-corrected chi connectivity index (χ2v) is 5.39. The second-order valence-electron chi connectivity index (χ2n) is 5.39. The van der Waals surface area contributed by atoms with E-state index in [4.69, 9.17) is 10.2 Å². The first-order valence-electron chi connectivity index (χ1n) is 7.24. The Morgan fingerprint density at radius 1 is 1.05 bits per heavy atom. The third kappa shape index (κ3) is 5.19. The predicted molar refractivity (Wildman–Crippen MR) is 72.1 cm³/mol. The van der Waals surface area contributed by atoms with Crippen LogP contribution in [0, 0.1) is 11.8 Å². The van der Waals surface area contributed by atoms with Crippen LogP contribution in [0.15, 0.2) is 0 Å². The van der Waals surface area contributed by atoms with Crippen molar-refractivity contribution in [1.82, 2.24) is 4.90 Å². The molecule has 1 saturated heterocycles. The average Bonchev–Trinajstić information content (AvgIpc) is 2.38. The largest absolute Gasteiger partial charge is 0.481 e. The Labute approximate surface area is 114 Å². The van der Waals surface area contributed by atoms with Gasteiger partial charge in [0.1, 0.15) is 0 Å². The molecule has 0 aromatic heterocycles. The number of aliphatic carboxylic acids is 2. The molecule has 0 spiro atoms. The number of hydrogen-bond donors (Lipinski definition) is 2. The quantitative estimate of drug-likeness (QED) is 0.661. The van der Waals surface area contributed by atoms with E-state index in [1.165, 1.54) is 25.7 Å². The molecule has 1 heterocycles. The Balaban J connectivity index is 2.35. The summed E-state index contributed by atoms with van der Waals surface area (Å²) in [6.07, 6.45) is 6.38. The molecule has 0 radical (unpaired) electrons. The summed E-state index contributed by atoms with van der Waals surface area (Å²) >= 11 is 0. The monoisotopic (exact) mass is 271 g/mol. The van der Waals surface area contributed by atoms with Gasteiger partial charge in [0.2, 0.25) is 0 Å². The van der Waals surface area contributed by atoms with Crippen LogP contribution in [0.25, 0.3) is 0 Å². The Kier molecular flexibility index (Phi) is 6.84. The van der Waals surface area contributed by atoms with Crippen molar-refractivity contribution < 1.29 is 19.8 Å². The molecule has 0 amide bonds. The molecular formula is C14H25NO4. The minimum atomic E-state index is -0.983. The Morgan fingerprint density at radius 3 is 2.26 bits per heavy atom. The lowest BCUT2D eigenvalue weighted by molar-refractivity contribution is -0.157. The Bertz CT molecular complexity index is 306. The number of piperidine rings is 1. The zero-order valence-electron chi connectivity index (χ0n) is 11.7. The average molecular weight is 271 g/mol. The SMILES string of the molecule is CCCCCCCN1CCC(C(=O)O)C(C(=O)O)C1. The van der Waals surface area contributed by atoms with E-state index in [-0.39, 0.29) is 0 Å². The van der Waals surface area contributed by atoms with Crippen molar-refractivity contribution in [2.24, 2.45) is 11.8 Å². The molecule has 1 aliphatic heterocycles. The summed E-state index contributed by atoms with van der Waals surface area (Å²) in [4.78, 5) is 24.3. The number of rotatable bonds is 8. The summed E-state index contributed by atoms with van der Waals surface area (Å²) in [6.45, 7) is 4.14. The first-order valence-corrected chi connectivity index (χ1v) is 7.24. The summed E-state index contributed by atoms with van der Waals surface area (Å²) in [5.74, 6) is -3.45. The molecule has 0 saturated carbocycles. The lowest BCUT2D eigenvalue weighted by Crippen LogP contribution is -2.46. The van der Waals surface area contributed by atoms with Crippen molar-refractivity contribution in [3.63, 3.8) is 0 Å². The Morgan fingerprint density at radius 2 is 1.68 bits per heavy atom. The van der Waals surface area contributed by atoms with Crippen LogP contribution in [0.2, 0.25) is 0 Å². The van der Waals surface area contributed by atoms with Gasteiger partial charge >= 0.3 is 11.9 Å². The van der Waals surface area contributed by atoms with Crippen LogP contribution < -0.4 is 0 Å². The van der Waals surface area contributed by atoms with E-state index in [0.29, 0.717) is 19.5 Å². The maximum absolute atomic E-state index is 11.1. The molecule has 0 aromatic carbocycles. The van der Waals surface area contributed by atoms with Gasteiger partial charge in [0, 0.05) is 6.54 Å². The van der Waals surface area contributed by atoms with Gasteiger partial charge < -0.3 is 15.1 Å². The molecule has 2 N–H and O–H groups in total. The molecule has 5 nitrogen and oxygen atoms in total. The van der Waals surface area contributed by atoms with Crippen molar-refractivity contribution in [3.8, 4) is 0 Å². The van der Waals surface area contributed by atoms with E-state index >= 15 is 0 Å². The summed E-state index contributed by atoms with van der Waals surface area (Å²) < 4.78 is 0. The van der Waals surface area contributed by atoms with Gasteiger partial charge in [-0.15, -0.1) is 0 Å². The van der Waals surface area contributed by atoms with E-state index in [1.54, 1.807) is 0 Å². The van der Waals surface area contributed by atoms with Gasteiger partial charge in [0.15, 0.2) is 0 Å². The van der Waals surface area contributed by atoms with Gasteiger partial charge in [-0.3, -0.25) is 9.59 Å². The van der Waals surface area contributed by atoms with Crippen LogP contribution in [0.5, 0.6) is 0 Å². The number of hydrogen-bond acceptors (Lipinski definition) is 3. The summed E-state index contributed by atoms with van der Waals surface area (Å²) in [5, 5.41) is 18.2. The summed E-state index contributed by atoms with van der Waals surface area (Å²) in [6, 6.07) is 0. The third-order valence-corrected chi connectivity index (χ3v) is 3.91. The lowest BCUT2D eigenvalue weighted by Gasteiger charge is -2.34. The van der Waals surface area contributed by atoms with E-state index in [2.05, 4.69) is 11.8 Å². The van der Waals surface area contributed by atoms with Gasteiger partial charge in [-0.1, -0.05) is 32.6 Å². The van der Waals surface area contributed by atoms with Crippen LogP contribution >= 0.6 is 0 Å². The lowest BCUT2D eigenvalue weighted by atomic mass is 9.85. The van der Waals surface area contributed by atoms with Crippen molar-refractivity contribution in [1.29, 1.82) is 0 Å². The van der Waals surface area contributed by atoms with Crippen LogP contribution in [-0.2, 0) is 9.59 Å². The Hall–Kier alpha value is -1.10. The van der Waals surface area contributed by atoms with Crippen LogP contribution in [0.3, 0.4) is 0 Å². The minimum absolute atomic E-state index is 0.375. The molecule has 1 aliphatic rings. The zero-order chi connectivity index (χ0) is 14.3. The fourth-order valence-corrected chi connectivity index (χ4v) is 2.71. The first-order chi connectivity index (χ1) is 9.06. The van der Waals surface area contributed by atoms with E-state index < -0.39 is 23.8 Å². The zero-order valence-corrected chi connectivity index (χ0v) is 11.7. The maximum Gasteiger partial charge on any atom is 0.308 e. The molecule has 1 rings (SSSR count). The highest BCUT2D eigenvalue weighted by atomic mass is 16.4. The topological polar surface area (TPSA) is 77.8 Å². The van der Waals surface area contributed by atoms with E-state index in [1.807, 2.05) is 0 Å². The highest BCUT2D eigenvalue weighted by molar-refractivity contribution is 5.80. The summed E-state index contributed by atoms with van der Waals surface area (Å²) in [7, 11) is 0. The highest BCUT2D eigenvalue weighted by Gasteiger charge is 2.38. The fourth-order valence-electron chi connectivity index (χ4n) is 2.71. The van der Waals surface area contributed by atoms with E-state index in [9.17, 15) is 9.59 Å². The minimum Gasteiger partial charge on any atom is -0.481 e. The van der Waals surface area contributed by atoms with E-state index in [0.717, 1.165) is 13.0 Å². The van der Waals surface area contributed by atoms with Crippen LogP contribution in [0.1, 0.15) is 45.4 Å². The molecule has 5 heteroatoms. The molecule has 0 aromatic rings. The van der Waals surface area contributed by atoms with Crippen molar-refractivity contribution >= 4 is 11.9 Å². The standard InChI is InChI=1S/C14H25NO4/c1-2-3-4-5-6-8-15-9-7-11(13(16)17)12(10-15)14(18)19/h11-12H,2-10H2,1H3,(H,16,17)(H,18,19). The highest BCUT2D eigenvalue weighted by Crippen LogP contribution is 2.24. The number of carboxylic acid groups (broad SMARTS) is 2. The number of unbranched alkanes of at least 4 members (excludes halogenated alkanes) is 4. The number of nitrogens with zero attached hydrogens (tertiary/aromatic N) is 1. The van der Waals surface area contributed by atoms with Gasteiger partial charge in [0.05, 0.1) is 11.8 Å². The van der Waals surface area contributed by atoms with Crippen molar-refractivity contribution in [2.45, 2.75) is 45.4 Å². The number of carbonyl (C=O) groups is 2. The second kappa shape index (κ2) is 8.15. The predicted octanol–water partition coefficient (Wildman–Crippen LogP) is 2.06. The summed E-state index contributed by atoms with van der Waals surface area (Å²) in [5.41, 5.74) is 0. The molecule has 110 valence electrons. The van der Waals surface area contributed by atoms with Gasteiger partial charge in [-0.25, -0.2) is 0 Å². The molecule has 19 heavy (non-hydrogen) atoms. The van der Waals surface area contributed by atoms with Gasteiger partial charge in [-0.2, -0.15) is 0 Å². The maximum atomic E-state index is 11.1. The normalized spacial score (nSPS) is 24.3. The van der Waals surface area contributed by atoms with Crippen molar-refractivity contribution in [2.75, 3.05) is 19.6 Å². The number of carboxylic acids is 2. The molecule has 1 fully saturated rings. The molecule has 2 unspecified atom stereocenters. The fraction of sp³-hybridized carbons (Fsp3) is 0.857. The third-order valence-electron chi connectivity index (χ3n) is 3.91. The first kappa shape index (κ1) is 16.0. The van der Waals surface area contributed by atoms with Gasteiger partial charge in [0.25, 0.3) is 0 Å². The van der Waals surface area contributed by atoms with Gasteiger partial charge in [-0.05, 0) is 25.9 Å². The molecule has 0 bridgehead atoms.